The molecule has 0 unspecified atom stereocenters. The van der Waals surface area contributed by atoms with Crippen LogP contribution in [-0.2, 0) is 34.1 Å². The summed E-state index contributed by atoms with van der Waals surface area (Å²) in [5, 5.41) is 0. The van der Waals surface area contributed by atoms with Crippen molar-refractivity contribution >= 4 is 15.8 Å². The Balaban J connectivity index is 1.35. The Bertz CT molecular complexity index is 1410. The van der Waals surface area contributed by atoms with Gasteiger partial charge >= 0.3 is 0 Å². The minimum Gasteiger partial charge on any atom is -0.497 e. The number of hydrogen-bond donors (Lipinski definition) is 0. The van der Waals surface area contributed by atoms with Crippen molar-refractivity contribution in [1.29, 1.82) is 0 Å². The van der Waals surface area contributed by atoms with E-state index in [2.05, 4.69) is 97.1 Å². The first-order valence-electron chi connectivity index (χ1n) is 18.2. The van der Waals surface area contributed by atoms with Crippen LogP contribution in [0.4, 0.5) is 0 Å². The largest absolute Gasteiger partial charge is 0.497 e. The van der Waals surface area contributed by atoms with Crippen LogP contribution in [0.15, 0.2) is 97.1 Å². The van der Waals surface area contributed by atoms with E-state index >= 15 is 0 Å². The van der Waals surface area contributed by atoms with E-state index < -0.39 is 21.6 Å². The highest BCUT2D eigenvalue weighted by molar-refractivity contribution is 7.57. The van der Waals surface area contributed by atoms with Crippen LogP contribution in [0.1, 0.15) is 60.8 Å². The molecule has 1 saturated carbocycles. The van der Waals surface area contributed by atoms with E-state index in [0.717, 1.165) is 98.7 Å². The summed E-state index contributed by atoms with van der Waals surface area (Å²) in [4.78, 5) is 0. The van der Waals surface area contributed by atoms with Crippen LogP contribution in [0.2, 0.25) is 0 Å². The fraction of sp³-hybridized carbons (Fsp3) is 0.442. The van der Waals surface area contributed by atoms with Gasteiger partial charge < -0.3 is 28.4 Å². The molecule has 272 valence electrons. The fourth-order valence-corrected chi connectivity index (χ4v) is 13.7. The summed E-state index contributed by atoms with van der Waals surface area (Å²) in [5.41, 5.74) is 5.13. The summed E-state index contributed by atoms with van der Waals surface area (Å²) in [6, 6.07) is 34.7. The summed E-state index contributed by atoms with van der Waals surface area (Å²) in [5.74, 6) is 3.10. The van der Waals surface area contributed by atoms with Gasteiger partial charge in [0, 0.05) is 19.3 Å². The third-order valence-electron chi connectivity index (χ3n) is 10.2. The van der Waals surface area contributed by atoms with E-state index in [1.54, 1.807) is 28.4 Å². The second-order valence-corrected chi connectivity index (χ2v) is 18.6. The van der Waals surface area contributed by atoms with Crippen molar-refractivity contribution in [2.75, 3.05) is 47.4 Å². The molecule has 6 rings (SSSR count). The van der Waals surface area contributed by atoms with Crippen molar-refractivity contribution in [2.45, 2.75) is 74.6 Å². The molecule has 51 heavy (non-hydrogen) atoms. The van der Waals surface area contributed by atoms with Gasteiger partial charge in [0.05, 0.1) is 40.6 Å². The van der Waals surface area contributed by atoms with Gasteiger partial charge in [-0.25, -0.2) is 0 Å². The van der Waals surface area contributed by atoms with Gasteiger partial charge in [-0.2, -0.15) is 0 Å². The van der Waals surface area contributed by atoms with Gasteiger partial charge in [-0.3, -0.25) is 0 Å². The Morgan fingerprint density at radius 1 is 0.471 bits per heavy atom. The molecule has 0 aromatic heterocycles. The highest BCUT2D eigenvalue weighted by Gasteiger charge is 2.48. The van der Waals surface area contributed by atoms with Gasteiger partial charge in [0.25, 0.3) is 0 Å². The van der Waals surface area contributed by atoms with Gasteiger partial charge in [0.15, 0.2) is 5.79 Å². The standard InChI is InChI=1S/C43H54O6P2/c1-44-38-16-8-34(9-17-38)28-50(29-35-10-18-39(45-2)19-11-35)32-42(26-27-48-43(49-42)24-6-5-7-25-43)33-51(30-36-12-20-40(46-3)21-13-36)31-37-14-22-41(47-4)23-15-37/h8-23H,5-7,24-33H2,1-4H3. The average molecular weight is 729 g/mol. The second kappa shape index (κ2) is 18.1. The van der Waals surface area contributed by atoms with E-state index in [4.69, 9.17) is 28.4 Å². The molecule has 2 aliphatic rings. The minimum absolute atomic E-state index is 0.273. The van der Waals surface area contributed by atoms with Crippen molar-refractivity contribution in [2.24, 2.45) is 0 Å². The lowest BCUT2D eigenvalue weighted by atomic mass is 9.91. The van der Waals surface area contributed by atoms with Crippen molar-refractivity contribution in [3.05, 3.63) is 119 Å². The maximum Gasteiger partial charge on any atom is 0.169 e. The Labute approximate surface area is 307 Å². The Morgan fingerprint density at radius 3 is 1.12 bits per heavy atom. The normalized spacial score (nSPS) is 16.7. The molecule has 1 aliphatic heterocycles. The van der Waals surface area contributed by atoms with E-state index in [1.807, 2.05) is 0 Å². The maximum absolute atomic E-state index is 7.59. The molecule has 0 atom stereocenters. The molecule has 0 radical (unpaired) electrons. The number of hydrogen-bond acceptors (Lipinski definition) is 6. The Morgan fingerprint density at radius 2 is 0.804 bits per heavy atom. The lowest BCUT2D eigenvalue weighted by Gasteiger charge is -2.52. The number of benzene rings is 4. The highest BCUT2D eigenvalue weighted by Crippen LogP contribution is 2.56. The summed E-state index contributed by atoms with van der Waals surface area (Å²) >= 11 is 0. The zero-order valence-electron chi connectivity index (χ0n) is 30.8. The molecule has 0 N–H and O–H groups in total. The van der Waals surface area contributed by atoms with Crippen molar-refractivity contribution in [3.8, 4) is 23.0 Å². The molecule has 1 spiro atoms. The topological polar surface area (TPSA) is 55.4 Å². The van der Waals surface area contributed by atoms with Crippen LogP contribution in [0.25, 0.3) is 0 Å². The predicted molar refractivity (Wildman–Crippen MR) is 211 cm³/mol. The predicted octanol–water partition coefficient (Wildman–Crippen LogP) is 10.6. The monoisotopic (exact) mass is 728 g/mol. The molecule has 1 aliphatic carbocycles. The molecule has 1 saturated heterocycles. The van der Waals surface area contributed by atoms with Gasteiger partial charge in [-0.15, -0.1) is 0 Å². The lowest BCUT2D eigenvalue weighted by Crippen LogP contribution is -2.55. The summed E-state index contributed by atoms with van der Waals surface area (Å²) in [6.45, 7) is 0.752. The van der Waals surface area contributed by atoms with Crippen LogP contribution in [0.5, 0.6) is 23.0 Å². The van der Waals surface area contributed by atoms with Crippen molar-refractivity contribution in [3.63, 3.8) is 0 Å². The van der Waals surface area contributed by atoms with Gasteiger partial charge in [-0.05, 0) is 121 Å². The van der Waals surface area contributed by atoms with Gasteiger partial charge in [0.1, 0.15) is 23.0 Å². The molecule has 4 aromatic carbocycles. The van der Waals surface area contributed by atoms with Crippen LogP contribution < -0.4 is 18.9 Å². The first kappa shape index (κ1) is 37.6. The number of ether oxygens (including phenoxy) is 6. The van der Waals surface area contributed by atoms with Crippen LogP contribution in [0.3, 0.4) is 0 Å². The van der Waals surface area contributed by atoms with E-state index in [-0.39, 0.29) is 5.60 Å². The molecule has 6 nitrogen and oxygen atoms in total. The fourth-order valence-electron chi connectivity index (χ4n) is 7.61. The quantitative estimate of drug-likeness (QED) is 0.107. The zero-order valence-corrected chi connectivity index (χ0v) is 32.6. The average Bonchev–Trinajstić information content (AvgIpc) is 3.16. The molecular formula is C43H54O6P2. The van der Waals surface area contributed by atoms with Crippen molar-refractivity contribution < 1.29 is 28.4 Å². The molecular weight excluding hydrogens is 674 g/mol. The smallest absolute Gasteiger partial charge is 0.169 e. The van der Waals surface area contributed by atoms with E-state index in [1.165, 1.54) is 28.7 Å². The van der Waals surface area contributed by atoms with Crippen LogP contribution in [0, 0.1) is 0 Å². The number of rotatable bonds is 16. The zero-order chi connectivity index (χ0) is 35.5. The summed E-state index contributed by atoms with van der Waals surface area (Å²) < 4.78 is 36.3. The third kappa shape index (κ3) is 10.5. The highest BCUT2D eigenvalue weighted by atomic mass is 31.1. The number of methoxy groups -OCH3 is 4. The third-order valence-corrected chi connectivity index (χ3v) is 15.5. The molecule has 8 heteroatoms. The van der Waals surface area contributed by atoms with Crippen molar-refractivity contribution in [1.82, 2.24) is 0 Å². The van der Waals surface area contributed by atoms with E-state index in [9.17, 15) is 0 Å². The first-order chi connectivity index (χ1) is 24.9. The molecule has 2 fully saturated rings. The Kier molecular flexibility index (Phi) is 13.3. The summed E-state index contributed by atoms with van der Waals surface area (Å²) in [7, 11) is 5.93. The maximum atomic E-state index is 7.59. The molecule has 0 bridgehead atoms. The van der Waals surface area contributed by atoms with Gasteiger partial charge in [0.2, 0.25) is 0 Å². The Hall–Kier alpha value is -3.14. The summed E-state index contributed by atoms with van der Waals surface area (Å²) in [6.07, 6.45) is 12.6. The lowest BCUT2D eigenvalue weighted by molar-refractivity contribution is -0.327. The second-order valence-electron chi connectivity index (χ2n) is 14.0. The van der Waals surface area contributed by atoms with E-state index in [0.29, 0.717) is 0 Å². The van der Waals surface area contributed by atoms with Crippen LogP contribution >= 0.6 is 15.8 Å². The molecule has 4 aromatic rings. The molecule has 1 heterocycles. The minimum atomic E-state index is -0.497. The van der Waals surface area contributed by atoms with Crippen LogP contribution in [-0.4, -0.2) is 58.8 Å². The SMILES string of the molecule is COc1ccc(CP(Cc2ccc(OC)cc2)CC2(CP(Cc3ccc(OC)cc3)Cc3ccc(OC)cc3)CCOC3(CCCCC3)O2)cc1. The first-order valence-corrected chi connectivity index (χ1v) is 22.0. The van der Waals surface area contributed by atoms with Gasteiger partial charge in [-0.1, -0.05) is 70.8 Å². The molecule has 0 amide bonds.